The fraction of sp³-hybridized carbons (Fsp3) is 0.133. The van der Waals surface area contributed by atoms with Crippen LogP contribution in [-0.2, 0) is 10.0 Å². The Morgan fingerprint density at radius 2 is 1.78 bits per heavy atom. The van der Waals surface area contributed by atoms with Crippen molar-refractivity contribution >= 4 is 37.0 Å². The van der Waals surface area contributed by atoms with Gasteiger partial charge in [-0.2, -0.15) is 0 Å². The first-order chi connectivity index (χ1) is 10.9. The molecule has 2 aromatic carbocycles. The Morgan fingerprint density at radius 1 is 1.09 bits per heavy atom. The van der Waals surface area contributed by atoms with Crippen molar-refractivity contribution in [3.63, 3.8) is 0 Å². The van der Waals surface area contributed by atoms with Crippen molar-refractivity contribution in [2.24, 2.45) is 0 Å². The normalized spacial score (nSPS) is 13.3. The van der Waals surface area contributed by atoms with E-state index in [1.54, 1.807) is 13.0 Å². The van der Waals surface area contributed by atoms with Crippen molar-refractivity contribution in [2.45, 2.75) is 17.9 Å². The molecule has 0 bridgehead atoms. The van der Waals surface area contributed by atoms with Crippen LogP contribution in [0.2, 0.25) is 0 Å². The number of rotatable bonds is 4. The monoisotopic (exact) mass is 395 g/mol. The van der Waals surface area contributed by atoms with Crippen molar-refractivity contribution in [1.29, 1.82) is 0 Å². The van der Waals surface area contributed by atoms with Crippen LogP contribution in [0, 0.1) is 0 Å². The molecule has 120 valence electrons. The molecule has 0 aliphatic heterocycles. The molecule has 23 heavy (non-hydrogen) atoms. The third-order valence-electron chi connectivity index (χ3n) is 3.50. The van der Waals surface area contributed by atoms with Crippen LogP contribution in [0.3, 0.4) is 0 Å². The lowest BCUT2D eigenvalue weighted by Crippen LogP contribution is -2.27. The number of aromatic amines is 2. The van der Waals surface area contributed by atoms with Gasteiger partial charge in [0.05, 0.1) is 15.9 Å². The van der Waals surface area contributed by atoms with E-state index in [0.29, 0.717) is 11.0 Å². The molecule has 0 aliphatic rings. The van der Waals surface area contributed by atoms with E-state index in [1.807, 2.05) is 24.3 Å². The molecule has 0 unspecified atom stereocenters. The molecule has 1 heterocycles. The number of hydrogen-bond donors (Lipinski definition) is 3. The highest BCUT2D eigenvalue weighted by Crippen LogP contribution is 2.25. The SMILES string of the molecule is C[C@H](NS(=O)(=O)c1ccc2[nH]c(=O)[nH]c2c1)c1ccccc1Br. The number of aromatic nitrogens is 2. The zero-order valence-corrected chi connectivity index (χ0v) is 14.5. The Morgan fingerprint density at radius 3 is 2.52 bits per heavy atom. The summed E-state index contributed by atoms with van der Waals surface area (Å²) in [5.74, 6) is 0. The molecule has 3 rings (SSSR count). The average molecular weight is 396 g/mol. The lowest BCUT2D eigenvalue weighted by atomic mass is 10.1. The van der Waals surface area contributed by atoms with Crippen LogP contribution in [0.1, 0.15) is 18.5 Å². The molecule has 3 aromatic rings. The summed E-state index contributed by atoms with van der Waals surface area (Å²) < 4.78 is 28.6. The van der Waals surface area contributed by atoms with E-state index < -0.39 is 16.1 Å². The number of benzene rings is 2. The van der Waals surface area contributed by atoms with Gasteiger partial charge in [0.15, 0.2) is 0 Å². The van der Waals surface area contributed by atoms with Crippen molar-refractivity contribution in [3.8, 4) is 0 Å². The third kappa shape index (κ3) is 3.24. The van der Waals surface area contributed by atoms with E-state index in [4.69, 9.17) is 0 Å². The second-order valence-corrected chi connectivity index (χ2v) is 7.72. The summed E-state index contributed by atoms with van der Waals surface area (Å²) in [5.41, 5.74) is 1.48. The highest BCUT2D eigenvalue weighted by molar-refractivity contribution is 9.10. The van der Waals surface area contributed by atoms with E-state index >= 15 is 0 Å². The Labute approximate surface area is 141 Å². The fourth-order valence-corrected chi connectivity index (χ4v) is 4.25. The minimum Gasteiger partial charge on any atom is -0.306 e. The second kappa shape index (κ2) is 5.95. The highest BCUT2D eigenvalue weighted by Gasteiger charge is 2.20. The van der Waals surface area contributed by atoms with Crippen LogP contribution in [0.25, 0.3) is 11.0 Å². The summed E-state index contributed by atoms with van der Waals surface area (Å²) in [7, 11) is -3.71. The molecule has 0 fully saturated rings. The topological polar surface area (TPSA) is 94.8 Å². The van der Waals surface area contributed by atoms with E-state index in [-0.39, 0.29) is 10.6 Å². The Bertz CT molecular complexity index is 1020. The molecule has 8 heteroatoms. The maximum atomic E-state index is 12.5. The minimum atomic E-state index is -3.71. The zero-order chi connectivity index (χ0) is 16.6. The van der Waals surface area contributed by atoms with E-state index in [2.05, 4.69) is 30.6 Å². The average Bonchev–Trinajstić information content (AvgIpc) is 2.86. The molecule has 0 saturated carbocycles. The predicted molar refractivity (Wildman–Crippen MR) is 91.8 cm³/mol. The Kier molecular flexibility index (Phi) is 4.13. The zero-order valence-electron chi connectivity index (χ0n) is 12.1. The van der Waals surface area contributed by atoms with Crippen LogP contribution in [0.15, 0.2) is 56.6 Å². The molecule has 0 aliphatic carbocycles. The number of nitrogens with one attached hydrogen (secondary N) is 3. The van der Waals surface area contributed by atoms with E-state index in [1.165, 1.54) is 12.1 Å². The first-order valence-electron chi connectivity index (χ1n) is 6.85. The molecule has 0 radical (unpaired) electrons. The molecule has 6 nitrogen and oxygen atoms in total. The maximum absolute atomic E-state index is 12.5. The number of halogens is 1. The summed E-state index contributed by atoms with van der Waals surface area (Å²) in [4.78, 5) is 16.5. The molecule has 0 amide bonds. The van der Waals surface area contributed by atoms with Gasteiger partial charge in [-0.3, -0.25) is 0 Å². The van der Waals surface area contributed by atoms with Crippen LogP contribution in [0.4, 0.5) is 0 Å². The first kappa shape index (κ1) is 16.0. The highest BCUT2D eigenvalue weighted by atomic mass is 79.9. The number of imidazole rings is 1. The molecular formula is C15H14BrN3O3S. The van der Waals surface area contributed by atoms with Crippen molar-refractivity contribution in [1.82, 2.24) is 14.7 Å². The third-order valence-corrected chi connectivity index (χ3v) is 5.76. The van der Waals surface area contributed by atoms with Crippen LogP contribution in [-0.4, -0.2) is 18.4 Å². The lowest BCUT2D eigenvalue weighted by Gasteiger charge is -2.16. The van der Waals surface area contributed by atoms with Crippen molar-refractivity contribution < 1.29 is 8.42 Å². The molecule has 1 atom stereocenters. The quantitative estimate of drug-likeness (QED) is 0.633. The summed E-state index contributed by atoms with van der Waals surface area (Å²) >= 11 is 3.42. The van der Waals surface area contributed by atoms with Crippen LogP contribution in [0.5, 0.6) is 0 Å². The smallest absolute Gasteiger partial charge is 0.306 e. The number of H-pyrrole nitrogens is 2. The lowest BCUT2D eigenvalue weighted by molar-refractivity contribution is 0.566. The van der Waals surface area contributed by atoms with Gasteiger partial charge < -0.3 is 9.97 Å². The molecule has 0 saturated heterocycles. The second-order valence-electron chi connectivity index (χ2n) is 5.15. The van der Waals surface area contributed by atoms with Gasteiger partial charge in [0.1, 0.15) is 0 Å². The summed E-state index contributed by atoms with van der Waals surface area (Å²) in [6, 6.07) is 11.5. The Balaban J connectivity index is 1.93. The van der Waals surface area contributed by atoms with Crippen LogP contribution < -0.4 is 10.4 Å². The van der Waals surface area contributed by atoms with Gasteiger partial charge >= 0.3 is 5.69 Å². The van der Waals surface area contributed by atoms with E-state index in [0.717, 1.165) is 10.0 Å². The molecule has 1 aromatic heterocycles. The predicted octanol–water partition coefficient (Wildman–Crippen LogP) is 2.66. The fourth-order valence-electron chi connectivity index (χ4n) is 2.37. The van der Waals surface area contributed by atoms with Crippen molar-refractivity contribution in [2.75, 3.05) is 0 Å². The van der Waals surface area contributed by atoms with Gasteiger partial charge in [-0.25, -0.2) is 17.9 Å². The van der Waals surface area contributed by atoms with Gasteiger partial charge in [-0.15, -0.1) is 0 Å². The van der Waals surface area contributed by atoms with Gasteiger partial charge in [0.25, 0.3) is 0 Å². The summed E-state index contributed by atoms with van der Waals surface area (Å²) in [6.45, 7) is 1.77. The standard InChI is InChI=1S/C15H14BrN3O3S/c1-9(11-4-2-3-5-12(11)16)19-23(21,22)10-6-7-13-14(8-10)18-15(20)17-13/h2-9,19H,1H3,(H2,17,18,20)/t9-/m0/s1. The number of hydrogen-bond acceptors (Lipinski definition) is 3. The number of sulfonamides is 1. The summed E-state index contributed by atoms with van der Waals surface area (Å²) in [5, 5.41) is 0. The summed E-state index contributed by atoms with van der Waals surface area (Å²) in [6.07, 6.45) is 0. The maximum Gasteiger partial charge on any atom is 0.323 e. The van der Waals surface area contributed by atoms with Crippen molar-refractivity contribution in [3.05, 3.63) is 63.0 Å². The Hall–Kier alpha value is -1.90. The minimum absolute atomic E-state index is 0.0964. The number of fused-ring (bicyclic) bond motifs is 1. The largest absolute Gasteiger partial charge is 0.323 e. The molecule has 3 N–H and O–H groups in total. The van der Waals surface area contributed by atoms with Crippen LogP contribution >= 0.6 is 15.9 Å². The van der Waals surface area contributed by atoms with Gasteiger partial charge in [0, 0.05) is 10.5 Å². The molecular weight excluding hydrogens is 382 g/mol. The van der Waals surface area contributed by atoms with Gasteiger partial charge in [-0.05, 0) is 36.8 Å². The first-order valence-corrected chi connectivity index (χ1v) is 9.13. The molecule has 0 spiro atoms. The van der Waals surface area contributed by atoms with E-state index in [9.17, 15) is 13.2 Å². The van der Waals surface area contributed by atoms with Gasteiger partial charge in [-0.1, -0.05) is 34.1 Å². The van der Waals surface area contributed by atoms with Gasteiger partial charge in [0.2, 0.25) is 10.0 Å².